The lowest BCUT2D eigenvalue weighted by atomic mass is 10.1. The van der Waals surface area contributed by atoms with Gasteiger partial charge in [0.25, 0.3) is 5.91 Å². The van der Waals surface area contributed by atoms with Gasteiger partial charge >= 0.3 is 0 Å². The van der Waals surface area contributed by atoms with Crippen LogP contribution in [0.25, 0.3) is 6.08 Å². The molecule has 6 nitrogen and oxygen atoms in total. The standard InChI is InChI=1S/C13H15N3O3/c1-16-10(12(17)15-13(16)14)7-8-6-9(18-2)4-5-11(8)19-3/h4-7H,1-3H3,(H2,14,15,17)/b10-7+. The number of carbonyl (C=O) groups excluding carboxylic acids is 1. The van der Waals surface area contributed by atoms with Crippen LogP contribution >= 0.6 is 0 Å². The molecule has 2 rings (SSSR count). The van der Waals surface area contributed by atoms with Crippen molar-refractivity contribution in [3.05, 3.63) is 29.5 Å². The zero-order chi connectivity index (χ0) is 14.0. The van der Waals surface area contributed by atoms with Crippen LogP contribution in [-0.4, -0.2) is 38.0 Å². The lowest BCUT2D eigenvalue weighted by molar-refractivity contribution is -0.114. The number of guanidine groups is 1. The zero-order valence-electron chi connectivity index (χ0n) is 11.0. The highest BCUT2D eigenvalue weighted by Gasteiger charge is 2.24. The first-order valence-electron chi connectivity index (χ1n) is 5.62. The van der Waals surface area contributed by atoms with Crippen LogP contribution in [0, 0.1) is 0 Å². The molecule has 0 bridgehead atoms. The van der Waals surface area contributed by atoms with Crippen LogP contribution in [0.1, 0.15) is 5.56 Å². The molecule has 1 amide bonds. The van der Waals surface area contributed by atoms with E-state index in [1.165, 1.54) is 4.90 Å². The topological polar surface area (TPSA) is 77.1 Å². The Kier molecular flexibility index (Phi) is 3.41. The molecule has 0 spiro atoms. The minimum Gasteiger partial charge on any atom is -0.497 e. The summed E-state index contributed by atoms with van der Waals surface area (Å²) in [4.78, 5) is 16.9. The molecule has 100 valence electrons. The van der Waals surface area contributed by atoms with Crippen LogP contribution in [0.2, 0.25) is 0 Å². The highest BCUT2D eigenvalue weighted by molar-refractivity contribution is 6.12. The van der Waals surface area contributed by atoms with Crippen LogP contribution in [0.5, 0.6) is 11.5 Å². The van der Waals surface area contributed by atoms with Gasteiger partial charge < -0.3 is 20.1 Å². The molecule has 0 aliphatic carbocycles. The molecule has 19 heavy (non-hydrogen) atoms. The van der Waals surface area contributed by atoms with Gasteiger partial charge in [0, 0.05) is 12.6 Å². The number of rotatable bonds is 3. The Bertz CT molecular complexity index is 578. The summed E-state index contributed by atoms with van der Waals surface area (Å²) in [6, 6.07) is 5.34. The molecule has 1 aliphatic heterocycles. The van der Waals surface area contributed by atoms with Gasteiger partial charge in [0.05, 0.1) is 14.2 Å². The number of hydrogen-bond donors (Lipinski definition) is 1. The number of methoxy groups -OCH3 is 2. The van der Waals surface area contributed by atoms with Crippen LogP contribution < -0.4 is 15.2 Å². The van der Waals surface area contributed by atoms with Crippen molar-refractivity contribution in [2.75, 3.05) is 21.3 Å². The van der Waals surface area contributed by atoms with Crippen molar-refractivity contribution in [3.8, 4) is 11.5 Å². The molecule has 1 heterocycles. The van der Waals surface area contributed by atoms with E-state index >= 15 is 0 Å². The smallest absolute Gasteiger partial charge is 0.296 e. The lowest BCUT2D eigenvalue weighted by Gasteiger charge is -2.13. The number of aliphatic imine (C=N–C) groups is 1. The van der Waals surface area contributed by atoms with Gasteiger partial charge in [-0.25, -0.2) is 0 Å². The fourth-order valence-corrected chi connectivity index (χ4v) is 1.76. The number of likely N-dealkylation sites (N-methyl/N-ethyl adjacent to an activating group) is 1. The second kappa shape index (κ2) is 5.01. The molecule has 1 aromatic carbocycles. The summed E-state index contributed by atoms with van der Waals surface area (Å²) >= 11 is 0. The van der Waals surface area contributed by atoms with Crippen molar-refractivity contribution in [3.63, 3.8) is 0 Å². The van der Waals surface area contributed by atoms with E-state index in [9.17, 15) is 4.79 Å². The summed E-state index contributed by atoms with van der Waals surface area (Å²) in [5.74, 6) is 1.12. The molecule has 0 saturated carbocycles. The predicted molar refractivity (Wildman–Crippen MR) is 71.9 cm³/mol. The van der Waals surface area contributed by atoms with Gasteiger partial charge in [-0.15, -0.1) is 0 Å². The highest BCUT2D eigenvalue weighted by Crippen LogP contribution is 2.27. The van der Waals surface area contributed by atoms with Crippen molar-refractivity contribution in [1.82, 2.24) is 4.90 Å². The third-order valence-electron chi connectivity index (χ3n) is 2.87. The maximum absolute atomic E-state index is 11.7. The zero-order valence-corrected chi connectivity index (χ0v) is 11.0. The quantitative estimate of drug-likeness (QED) is 0.815. The Hall–Kier alpha value is -2.50. The maximum atomic E-state index is 11.7. The molecule has 0 saturated heterocycles. The molecule has 0 unspecified atom stereocenters. The van der Waals surface area contributed by atoms with Gasteiger partial charge in [0.1, 0.15) is 17.2 Å². The van der Waals surface area contributed by atoms with E-state index in [0.29, 0.717) is 17.2 Å². The minimum absolute atomic E-state index is 0.179. The van der Waals surface area contributed by atoms with Gasteiger partial charge in [0.15, 0.2) is 0 Å². The van der Waals surface area contributed by atoms with Crippen LogP contribution in [-0.2, 0) is 4.79 Å². The van der Waals surface area contributed by atoms with Gasteiger partial charge in [-0.05, 0) is 24.3 Å². The molecule has 2 N–H and O–H groups in total. The van der Waals surface area contributed by atoms with E-state index in [2.05, 4.69) is 4.99 Å². The first-order valence-corrected chi connectivity index (χ1v) is 5.62. The van der Waals surface area contributed by atoms with E-state index in [4.69, 9.17) is 15.2 Å². The molecule has 0 radical (unpaired) electrons. The van der Waals surface area contributed by atoms with Gasteiger partial charge in [-0.1, -0.05) is 0 Å². The van der Waals surface area contributed by atoms with E-state index in [-0.39, 0.29) is 11.9 Å². The molecular formula is C13H15N3O3. The summed E-state index contributed by atoms with van der Waals surface area (Å²) in [5.41, 5.74) is 6.71. The van der Waals surface area contributed by atoms with Crippen molar-refractivity contribution >= 4 is 17.9 Å². The Labute approximate surface area is 111 Å². The Morgan fingerprint density at radius 2 is 2.05 bits per heavy atom. The average molecular weight is 261 g/mol. The fourth-order valence-electron chi connectivity index (χ4n) is 1.76. The number of nitrogens with two attached hydrogens (primary N) is 1. The van der Waals surface area contributed by atoms with Crippen molar-refractivity contribution in [2.45, 2.75) is 0 Å². The number of hydrogen-bond acceptors (Lipinski definition) is 5. The normalized spacial score (nSPS) is 16.8. The first kappa shape index (κ1) is 12.9. The third kappa shape index (κ3) is 2.37. The summed E-state index contributed by atoms with van der Waals surface area (Å²) in [7, 11) is 4.82. The SMILES string of the molecule is COc1ccc(OC)c(/C=C2\C(=O)N=C(N)N2C)c1. The number of nitrogens with zero attached hydrogens (tertiary/aromatic N) is 2. The van der Waals surface area contributed by atoms with Crippen molar-refractivity contribution in [2.24, 2.45) is 10.7 Å². The highest BCUT2D eigenvalue weighted by atomic mass is 16.5. The monoisotopic (exact) mass is 261 g/mol. The van der Waals surface area contributed by atoms with Crippen molar-refractivity contribution in [1.29, 1.82) is 0 Å². The van der Waals surface area contributed by atoms with Gasteiger partial charge in [0.2, 0.25) is 5.96 Å². The van der Waals surface area contributed by atoms with E-state index in [1.807, 2.05) is 0 Å². The van der Waals surface area contributed by atoms with Gasteiger partial charge in [-0.2, -0.15) is 4.99 Å². The maximum Gasteiger partial charge on any atom is 0.296 e. The van der Waals surface area contributed by atoms with Crippen LogP contribution in [0.15, 0.2) is 28.9 Å². The number of carbonyl (C=O) groups is 1. The summed E-state index contributed by atoms with van der Waals surface area (Å²) < 4.78 is 10.4. The number of amides is 1. The molecule has 1 aromatic rings. The summed E-state index contributed by atoms with van der Waals surface area (Å²) in [5, 5.41) is 0. The fraction of sp³-hybridized carbons (Fsp3) is 0.231. The predicted octanol–water partition coefficient (Wildman–Crippen LogP) is 0.831. The first-order chi connectivity index (χ1) is 9.06. The summed E-state index contributed by atoms with van der Waals surface area (Å²) in [6.07, 6.45) is 1.67. The Morgan fingerprint density at radius 3 is 2.58 bits per heavy atom. The van der Waals surface area contributed by atoms with Gasteiger partial charge in [-0.3, -0.25) is 4.79 Å². The molecule has 0 aromatic heterocycles. The van der Waals surface area contributed by atoms with Crippen LogP contribution in [0.3, 0.4) is 0 Å². The lowest BCUT2D eigenvalue weighted by Crippen LogP contribution is -2.28. The molecule has 0 fully saturated rings. The second-order valence-electron chi connectivity index (χ2n) is 3.97. The van der Waals surface area contributed by atoms with E-state index in [1.54, 1.807) is 45.5 Å². The minimum atomic E-state index is -0.370. The van der Waals surface area contributed by atoms with Crippen molar-refractivity contribution < 1.29 is 14.3 Å². The Morgan fingerprint density at radius 1 is 1.32 bits per heavy atom. The average Bonchev–Trinajstić information content (AvgIpc) is 2.65. The van der Waals surface area contributed by atoms with E-state index in [0.717, 1.165) is 5.56 Å². The largest absolute Gasteiger partial charge is 0.497 e. The molecule has 1 aliphatic rings. The Balaban J connectivity index is 2.45. The third-order valence-corrected chi connectivity index (χ3v) is 2.87. The second-order valence-corrected chi connectivity index (χ2v) is 3.97. The number of benzene rings is 1. The van der Waals surface area contributed by atoms with E-state index < -0.39 is 0 Å². The molecule has 6 heteroatoms. The summed E-state index contributed by atoms with van der Waals surface area (Å²) in [6.45, 7) is 0. The molecule has 0 atom stereocenters. The van der Waals surface area contributed by atoms with Crippen LogP contribution in [0.4, 0.5) is 0 Å². The number of ether oxygens (including phenoxy) is 2. The molecular weight excluding hydrogens is 246 g/mol.